The molecular weight excluding hydrogens is 233 g/mol. The summed E-state index contributed by atoms with van der Waals surface area (Å²) in [5.74, 6) is 1.41. The topological polar surface area (TPSA) is 38.3 Å². The molecule has 0 aromatic heterocycles. The van der Waals surface area contributed by atoms with Gasteiger partial charge in [0.2, 0.25) is 5.91 Å². The molecule has 2 unspecified atom stereocenters. The molecule has 2 aliphatic carbocycles. The summed E-state index contributed by atoms with van der Waals surface area (Å²) in [4.78, 5) is 12.0. The van der Waals surface area contributed by atoms with Crippen LogP contribution in [-0.4, -0.2) is 13.0 Å². The van der Waals surface area contributed by atoms with Crippen molar-refractivity contribution >= 4 is 11.6 Å². The number of hydrogen-bond acceptors (Lipinski definition) is 2. The lowest BCUT2D eigenvalue weighted by molar-refractivity contribution is -0.120. The lowest BCUT2D eigenvalue weighted by Gasteiger charge is -2.12. The molecule has 3 rings (SSSR count). The van der Waals surface area contributed by atoms with Crippen LogP contribution in [0.1, 0.15) is 19.3 Å². The van der Waals surface area contributed by atoms with Crippen LogP contribution in [0.2, 0.25) is 0 Å². The second-order valence-electron chi connectivity index (χ2n) is 5.26. The number of anilines is 1. The molecule has 0 spiro atoms. The second kappa shape index (κ2) is 4.26. The van der Waals surface area contributed by atoms with E-state index in [9.17, 15) is 9.18 Å². The Morgan fingerprint density at radius 2 is 2.06 bits per heavy atom. The van der Waals surface area contributed by atoms with E-state index in [2.05, 4.69) is 5.32 Å². The number of ether oxygens (including phenoxy) is 1. The van der Waals surface area contributed by atoms with E-state index >= 15 is 0 Å². The zero-order valence-electron chi connectivity index (χ0n) is 10.3. The van der Waals surface area contributed by atoms with Crippen molar-refractivity contribution < 1.29 is 13.9 Å². The zero-order chi connectivity index (χ0) is 12.7. The monoisotopic (exact) mass is 249 g/mol. The number of methoxy groups -OCH3 is 1. The number of benzene rings is 1. The van der Waals surface area contributed by atoms with Gasteiger partial charge < -0.3 is 10.1 Å². The molecule has 0 saturated heterocycles. The molecule has 2 saturated carbocycles. The average molecular weight is 249 g/mol. The van der Waals surface area contributed by atoms with Gasteiger partial charge in [0.05, 0.1) is 7.11 Å². The van der Waals surface area contributed by atoms with Crippen molar-refractivity contribution in [3.05, 3.63) is 24.0 Å². The molecule has 0 aliphatic heterocycles. The molecule has 18 heavy (non-hydrogen) atoms. The summed E-state index contributed by atoms with van der Waals surface area (Å²) < 4.78 is 18.3. The Bertz CT molecular complexity index is 479. The standard InChI is InChI=1S/C14H16FNO2/c1-18-13-3-2-11(7-12(13)15)16-14(17)10-5-8-4-9(8)6-10/h2-3,7-10H,4-6H2,1H3,(H,16,17). The second-order valence-corrected chi connectivity index (χ2v) is 5.26. The molecule has 0 bridgehead atoms. The quantitative estimate of drug-likeness (QED) is 0.894. The molecule has 2 aliphatic rings. The number of carbonyl (C=O) groups excluding carboxylic acids is 1. The summed E-state index contributed by atoms with van der Waals surface area (Å²) in [6.45, 7) is 0. The third-order valence-corrected chi connectivity index (χ3v) is 4.03. The smallest absolute Gasteiger partial charge is 0.227 e. The first-order chi connectivity index (χ1) is 8.67. The van der Waals surface area contributed by atoms with Crippen molar-refractivity contribution in [1.29, 1.82) is 0 Å². The molecule has 0 heterocycles. The summed E-state index contributed by atoms with van der Waals surface area (Å²) in [7, 11) is 1.42. The van der Waals surface area contributed by atoms with Gasteiger partial charge in [-0.05, 0) is 43.2 Å². The third kappa shape index (κ3) is 2.07. The molecule has 96 valence electrons. The van der Waals surface area contributed by atoms with E-state index in [1.165, 1.54) is 25.7 Å². The van der Waals surface area contributed by atoms with Gasteiger partial charge >= 0.3 is 0 Å². The number of amides is 1. The van der Waals surface area contributed by atoms with Crippen LogP contribution >= 0.6 is 0 Å². The summed E-state index contributed by atoms with van der Waals surface area (Å²) in [6, 6.07) is 4.49. The Balaban J connectivity index is 1.65. The van der Waals surface area contributed by atoms with Crippen LogP contribution < -0.4 is 10.1 Å². The van der Waals surface area contributed by atoms with Gasteiger partial charge in [-0.25, -0.2) is 4.39 Å². The first-order valence-corrected chi connectivity index (χ1v) is 6.32. The average Bonchev–Trinajstić information content (AvgIpc) is 2.96. The minimum absolute atomic E-state index is 0.0202. The highest BCUT2D eigenvalue weighted by Crippen LogP contribution is 2.54. The van der Waals surface area contributed by atoms with Crippen LogP contribution in [0.3, 0.4) is 0 Å². The summed E-state index contributed by atoms with van der Waals surface area (Å²) in [5.41, 5.74) is 0.499. The minimum atomic E-state index is -0.454. The molecule has 2 atom stereocenters. The third-order valence-electron chi connectivity index (χ3n) is 4.03. The highest BCUT2D eigenvalue weighted by atomic mass is 19.1. The zero-order valence-corrected chi connectivity index (χ0v) is 10.3. The maximum Gasteiger partial charge on any atom is 0.227 e. The fourth-order valence-electron chi connectivity index (χ4n) is 2.92. The number of hydrogen-bond donors (Lipinski definition) is 1. The Kier molecular flexibility index (Phi) is 2.73. The van der Waals surface area contributed by atoms with Crippen LogP contribution in [0.15, 0.2) is 18.2 Å². The molecule has 1 N–H and O–H groups in total. The van der Waals surface area contributed by atoms with Crippen LogP contribution in [-0.2, 0) is 4.79 Å². The van der Waals surface area contributed by atoms with E-state index in [4.69, 9.17) is 4.74 Å². The maximum atomic E-state index is 13.5. The largest absolute Gasteiger partial charge is 0.494 e. The van der Waals surface area contributed by atoms with Crippen LogP contribution in [0.5, 0.6) is 5.75 Å². The molecule has 1 aromatic carbocycles. The molecule has 0 radical (unpaired) electrons. The number of nitrogens with one attached hydrogen (secondary N) is 1. The van der Waals surface area contributed by atoms with Crippen molar-refractivity contribution in [3.8, 4) is 5.75 Å². The Morgan fingerprint density at radius 1 is 1.33 bits per heavy atom. The van der Waals surface area contributed by atoms with E-state index in [1.54, 1.807) is 6.07 Å². The summed E-state index contributed by atoms with van der Waals surface area (Å²) >= 11 is 0. The number of halogens is 1. The normalized spacial score (nSPS) is 28.7. The lowest BCUT2D eigenvalue weighted by atomic mass is 10.0. The van der Waals surface area contributed by atoms with Crippen molar-refractivity contribution in [2.45, 2.75) is 19.3 Å². The summed E-state index contributed by atoms with van der Waals surface area (Å²) in [6.07, 6.45) is 3.28. The van der Waals surface area contributed by atoms with Crippen molar-refractivity contribution in [3.63, 3.8) is 0 Å². The first kappa shape index (κ1) is 11.5. The van der Waals surface area contributed by atoms with Crippen LogP contribution in [0.4, 0.5) is 10.1 Å². The highest BCUT2D eigenvalue weighted by Gasteiger charge is 2.47. The molecule has 1 amide bonds. The van der Waals surface area contributed by atoms with Gasteiger partial charge in [-0.2, -0.15) is 0 Å². The van der Waals surface area contributed by atoms with Gasteiger partial charge in [-0.3, -0.25) is 4.79 Å². The lowest BCUT2D eigenvalue weighted by Crippen LogP contribution is -2.21. The van der Waals surface area contributed by atoms with Gasteiger partial charge in [-0.15, -0.1) is 0 Å². The SMILES string of the molecule is COc1ccc(NC(=O)C2CC3CC3C2)cc1F. The van der Waals surface area contributed by atoms with Crippen molar-refractivity contribution in [2.24, 2.45) is 17.8 Å². The fraction of sp³-hybridized carbons (Fsp3) is 0.500. The van der Waals surface area contributed by atoms with E-state index in [-0.39, 0.29) is 17.6 Å². The van der Waals surface area contributed by atoms with Gasteiger partial charge in [0.1, 0.15) is 0 Å². The van der Waals surface area contributed by atoms with Gasteiger partial charge in [0.15, 0.2) is 11.6 Å². The summed E-state index contributed by atoms with van der Waals surface area (Å²) in [5, 5.41) is 2.78. The number of fused-ring (bicyclic) bond motifs is 1. The van der Waals surface area contributed by atoms with E-state index in [1.807, 2.05) is 0 Å². The first-order valence-electron chi connectivity index (χ1n) is 6.32. The van der Waals surface area contributed by atoms with Crippen molar-refractivity contribution in [2.75, 3.05) is 12.4 Å². The molecular formula is C14H16FNO2. The van der Waals surface area contributed by atoms with E-state index in [0.717, 1.165) is 24.7 Å². The predicted octanol–water partition coefficient (Wildman–Crippen LogP) is 2.82. The number of carbonyl (C=O) groups is 1. The molecule has 4 heteroatoms. The van der Waals surface area contributed by atoms with Crippen LogP contribution in [0.25, 0.3) is 0 Å². The molecule has 2 fully saturated rings. The predicted molar refractivity (Wildman–Crippen MR) is 65.9 cm³/mol. The highest BCUT2D eigenvalue weighted by molar-refractivity contribution is 5.92. The molecule has 1 aromatic rings. The minimum Gasteiger partial charge on any atom is -0.494 e. The molecule has 3 nitrogen and oxygen atoms in total. The fourth-order valence-corrected chi connectivity index (χ4v) is 2.92. The Labute approximate surface area is 105 Å². The maximum absolute atomic E-state index is 13.5. The number of rotatable bonds is 3. The Hall–Kier alpha value is -1.58. The van der Waals surface area contributed by atoms with E-state index < -0.39 is 5.82 Å². The van der Waals surface area contributed by atoms with Gasteiger partial charge in [0, 0.05) is 17.7 Å². The Morgan fingerprint density at radius 3 is 2.67 bits per heavy atom. The van der Waals surface area contributed by atoms with Crippen LogP contribution in [0, 0.1) is 23.6 Å². The van der Waals surface area contributed by atoms with Gasteiger partial charge in [0.25, 0.3) is 0 Å². The van der Waals surface area contributed by atoms with Gasteiger partial charge in [-0.1, -0.05) is 0 Å². The van der Waals surface area contributed by atoms with E-state index in [0.29, 0.717) is 5.69 Å². The van der Waals surface area contributed by atoms with Crippen molar-refractivity contribution in [1.82, 2.24) is 0 Å².